The average molecular weight is 143 g/mol. The predicted octanol–water partition coefficient (Wildman–Crippen LogP) is 2.88. The van der Waals surface area contributed by atoms with Gasteiger partial charge in [0.25, 0.3) is 0 Å². The SMILES string of the molecule is CC(C)(C)CC(C)(C)C[O]. The Morgan fingerprint density at radius 3 is 1.50 bits per heavy atom. The van der Waals surface area contributed by atoms with Gasteiger partial charge in [0.05, 0.1) is 6.61 Å². The number of hydrogen-bond acceptors (Lipinski definition) is 0. The lowest BCUT2D eigenvalue weighted by Gasteiger charge is -2.29. The zero-order chi connectivity index (χ0) is 8.41. The van der Waals surface area contributed by atoms with Crippen LogP contribution in [0.2, 0.25) is 0 Å². The minimum absolute atomic E-state index is 0.0295. The van der Waals surface area contributed by atoms with Gasteiger partial charge in [-0.15, -0.1) is 0 Å². The first kappa shape index (κ1) is 9.96. The first-order valence-electron chi connectivity index (χ1n) is 3.85. The van der Waals surface area contributed by atoms with E-state index in [2.05, 4.69) is 20.8 Å². The molecule has 0 aromatic heterocycles. The van der Waals surface area contributed by atoms with Gasteiger partial charge in [-0.05, 0) is 17.3 Å². The van der Waals surface area contributed by atoms with Crippen molar-refractivity contribution in [1.82, 2.24) is 0 Å². The third-order valence-electron chi connectivity index (χ3n) is 1.40. The van der Waals surface area contributed by atoms with Gasteiger partial charge in [0, 0.05) is 0 Å². The van der Waals surface area contributed by atoms with Gasteiger partial charge in [-0.1, -0.05) is 34.6 Å². The summed E-state index contributed by atoms with van der Waals surface area (Å²) in [6.45, 7) is 10.6. The van der Waals surface area contributed by atoms with Crippen LogP contribution in [-0.4, -0.2) is 6.61 Å². The molecule has 0 spiro atoms. The van der Waals surface area contributed by atoms with E-state index in [4.69, 9.17) is 0 Å². The van der Waals surface area contributed by atoms with Crippen molar-refractivity contribution in [2.24, 2.45) is 10.8 Å². The van der Waals surface area contributed by atoms with E-state index in [9.17, 15) is 5.11 Å². The van der Waals surface area contributed by atoms with Crippen molar-refractivity contribution in [1.29, 1.82) is 0 Å². The zero-order valence-electron chi connectivity index (χ0n) is 7.82. The monoisotopic (exact) mass is 143 g/mol. The second kappa shape index (κ2) is 2.91. The van der Waals surface area contributed by atoms with E-state index in [-0.39, 0.29) is 17.4 Å². The minimum Gasteiger partial charge on any atom is -0.236 e. The number of rotatable bonds is 2. The smallest absolute Gasteiger partial charge is 0.0873 e. The molecule has 0 aliphatic rings. The molecule has 0 heterocycles. The molecule has 0 aliphatic carbocycles. The fourth-order valence-electron chi connectivity index (χ4n) is 1.49. The maximum Gasteiger partial charge on any atom is 0.0873 e. The lowest BCUT2D eigenvalue weighted by molar-refractivity contribution is 0.0618. The third-order valence-corrected chi connectivity index (χ3v) is 1.40. The van der Waals surface area contributed by atoms with E-state index < -0.39 is 0 Å². The molecule has 0 fully saturated rings. The van der Waals surface area contributed by atoms with Crippen LogP contribution in [0.5, 0.6) is 0 Å². The molecule has 1 heteroatoms. The van der Waals surface area contributed by atoms with E-state index in [1.807, 2.05) is 13.8 Å². The predicted molar refractivity (Wildman–Crippen MR) is 43.4 cm³/mol. The highest BCUT2D eigenvalue weighted by Gasteiger charge is 2.24. The van der Waals surface area contributed by atoms with Crippen LogP contribution in [0.25, 0.3) is 0 Å². The molecule has 0 saturated heterocycles. The van der Waals surface area contributed by atoms with Crippen molar-refractivity contribution in [3.05, 3.63) is 0 Å². The maximum atomic E-state index is 10.6. The Morgan fingerprint density at radius 1 is 1.00 bits per heavy atom. The lowest BCUT2D eigenvalue weighted by Crippen LogP contribution is -2.23. The minimum atomic E-state index is -0.0295. The van der Waals surface area contributed by atoms with Crippen molar-refractivity contribution in [3.63, 3.8) is 0 Å². The van der Waals surface area contributed by atoms with Crippen LogP contribution in [-0.2, 0) is 5.11 Å². The van der Waals surface area contributed by atoms with Crippen molar-refractivity contribution < 1.29 is 5.11 Å². The Labute approximate surface area is 64.5 Å². The third kappa shape index (κ3) is 4.80. The van der Waals surface area contributed by atoms with E-state index in [1.54, 1.807) is 0 Å². The molecule has 0 aliphatic heterocycles. The molecule has 0 aromatic carbocycles. The van der Waals surface area contributed by atoms with Crippen molar-refractivity contribution >= 4 is 0 Å². The van der Waals surface area contributed by atoms with Crippen molar-refractivity contribution in [2.75, 3.05) is 6.61 Å². The molecule has 61 valence electrons. The molecule has 0 saturated carbocycles. The highest BCUT2D eigenvalue weighted by Crippen LogP contribution is 2.32. The highest BCUT2D eigenvalue weighted by molar-refractivity contribution is 4.74. The Morgan fingerprint density at radius 2 is 1.40 bits per heavy atom. The van der Waals surface area contributed by atoms with Gasteiger partial charge in [0.1, 0.15) is 0 Å². The fraction of sp³-hybridized carbons (Fsp3) is 1.00. The van der Waals surface area contributed by atoms with E-state index in [0.717, 1.165) is 6.42 Å². The molecular formula is C9H19O. The van der Waals surface area contributed by atoms with Crippen LogP contribution in [0, 0.1) is 10.8 Å². The summed E-state index contributed by atoms with van der Waals surface area (Å²) < 4.78 is 0. The fourth-order valence-corrected chi connectivity index (χ4v) is 1.49. The van der Waals surface area contributed by atoms with Crippen LogP contribution in [0.4, 0.5) is 0 Å². The zero-order valence-corrected chi connectivity index (χ0v) is 7.82. The molecule has 0 rings (SSSR count). The molecule has 1 nitrogen and oxygen atoms in total. The van der Waals surface area contributed by atoms with Crippen LogP contribution in [0.3, 0.4) is 0 Å². The van der Waals surface area contributed by atoms with Gasteiger partial charge in [-0.25, -0.2) is 5.11 Å². The first-order valence-corrected chi connectivity index (χ1v) is 3.85. The van der Waals surface area contributed by atoms with Crippen LogP contribution < -0.4 is 0 Å². The van der Waals surface area contributed by atoms with Gasteiger partial charge >= 0.3 is 0 Å². The van der Waals surface area contributed by atoms with Crippen LogP contribution in [0.1, 0.15) is 41.0 Å². The summed E-state index contributed by atoms with van der Waals surface area (Å²) in [6, 6.07) is 0. The van der Waals surface area contributed by atoms with Gasteiger partial charge < -0.3 is 0 Å². The summed E-state index contributed by atoms with van der Waals surface area (Å²) in [7, 11) is 0. The van der Waals surface area contributed by atoms with Crippen molar-refractivity contribution in [2.45, 2.75) is 41.0 Å². The highest BCUT2D eigenvalue weighted by atomic mass is 16.3. The average Bonchev–Trinajstić information content (AvgIpc) is 1.60. The Hall–Kier alpha value is -0.0400. The van der Waals surface area contributed by atoms with Crippen molar-refractivity contribution in [3.8, 4) is 0 Å². The summed E-state index contributed by atoms with van der Waals surface area (Å²) in [6.07, 6.45) is 1.00. The van der Waals surface area contributed by atoms with Gasteiger partial charge in [-0.3, -0.25) is 0 Å². The van der Waals surface area contributed by atoms with E-state index in [0.29, 0.717) is 0 Å². The molecule has 10 heavy (non-hydrogen) atoms. The van der Waals surface area contributed by atoms with E-state index >= 15 is 0 Å². The maximum absolute atomic E-state index is 10.6. The molecule has 1 radical (unpaired) electrons. The standard InChI is InChI=1S/C9H19O/c1-8(2,3)6-9(4,5)7-10/h6-7H2,1-5H3. The second-order valence-corrected chi connectivity index (χ2v) is 5.05. The van der Waals surface area contributed by atoms with Gasteiger partial charge in [-0.2, -0.15) is 0 Å². The normalized spacial score (nSPS) is 13.8. The molecule has 0 atom stereocenters. The largest absolute Gasteiger partial charge is 0.236 e. The topological polar surface area (TPSA) is 19.9 Å². The molecule has 0 amide bonds. The van der Waals surface area contributed by atoms with Crippen LogP contribution >= 0.6 is 0 Å². The summed E-state index contributed by atoms with van der Waals surface area (Å²) in [5, 5.41) is 10.6. The van der Waals surface area contributed by atoms with Crippen LogP contribution in [0.15, 0.2) is 0 Å². The quantitative estimate of drug-likeness (QED) is 0.566. The first-order chi connectivity index (χ1) is 4.27. The summed E-state index contributed by atoms with van der Waals surface area (Å²) in [5.41, 5.74) is 0.256. The summed E-state index contributed by atoms with van der Waals surface area (Å²) in [5.74, 6) is 0. The Balaban J connectivity index is 3.89. The van der Waals surface area contributed by atoms with Gasteiger partial charge in [0.2, 0.25) is 0 Å². The molecule has 0 bridgehead atoms. The van der Waals surface area contributed by atoms with Gasteiger partial charge in [0.15, 0.2) is 0 Å². The molecule has 0 N–H and O–H groups in total. The summed E-state index contributed by atoms with van der Waals surface area (Å²) in [4.78, 5) is 0. The Kier molecular flexibility index (Phi) is 2.90. The Bertz CT molecular complexity index is 97.8. The second-order valence-electron chi connectivity index (χ2n) is 5.05. The molecule has 0 unspecified atom stereocenters. The molecular weight excluding hydrogens is 124 g/mol. The molecule has 0 aromatic rings. The summed E-state index contributed by atoms with van der Waals surface area (Å²) >= 11 is 0. The lowest BCUT2D eigenvalue weighted by atomic mass is 9.77. The number of hydrogen-bond donors (Lipinski definition) is 0. The van der Waals surface area contributed by atoms with E-state index in [1.165, 1.54) is 0 Å².